The molecule has 0 aliphatic carbocycles. The van der Waals surface area contributed by atoms with Gasteiger partial charge in [-0.1, -0.05) is 35.9 Å². The van der Waals surface area contributed by atoms with Crippen molar-refractivity contribution in [3.63, 3.8) is 0 Å². The Labute approximate surface area is 199 Å². The zero-order valence-electron chi connectivity index (χ0n) is 19.2. The predicted molar refractivity (Wildman–Crippen MR) is 134 cm³/mol. The van der Waals surface area contributed by atoms with Crippen LogP contribution in [0.1, 0.15) is 32.9 Å². The molecule has 0 aliphatic rings. The fourth-order valence-corrected chi connectivity index (χ4v) is 4.59. The van der Waals surface area contributed by atoms with Gasteiger partial charge < -0.3 is 9.88 Å². The molecule has 4 aromatic rings. The standard InChI is InChI=1S/C26H26N4O3S/c1-18-4-9-23(10-5-18)29-34(32,33)24-13-6-19(2)25(16-24)26(31)28-22-11-7-21(8-12-22)17-30-15-14-27-20(30)3/h4-16,29H,17H2,1-3H3,(H,28,31). The topological polar surface area (TPSA) is 93.1 Å². The molecule has 2 N–H and O–H groups in total. The first-order chi connectivity index (χ1) is 16.2. The van der Waals surface area contributed by atoms with Crippen molar-refractivity contribution in [3.05, 3.63) is 107 Å². The number of sulfonamides is 1. The number of nitrogens with one attached hydrogen (secondary N) is 2. The van der Waals surface area contributed by atoms with E-state index in [1.807, 2.05) is 61.0 Å². The summed E-state index contributed by atoms with van der Waals surface area (Å²) in [4.78, 5) is 17.2. The van der Waals surface area contributed by atoms with Gasteiger partial charge in [0.25, 0.3) is 15.9 Å². The molecule has 0 radical (unpaired) electrons. The van der Waals surface area contributed by atoms with E-state index >= 15 is 0 Å². The van der Waals surface area contributed by atoms with Crippen LogP contribution in [0.2, 0.25) is 0 Å². The van der Waals surface area contributed by atoms with E-state index in [1.165, 1.54) is 12.1 Å². The summed E-state index contributed by atoms with van der Waals surface area (Å²) in [7, 11) is -3.84. The van der Waals surface area contributed by atoms with Crippen LogP contribution in [0.3, 0.4) is 0 Å². The van der Waals surface area contributed by atoms with Gasteiger partial charge in [0.05, 0.1) is 4.90 Å². The van der Waals surface area contributed by atoms with E-state index in [0.29, 0.717) is 29.0 Å². The zero-order chi connectivity index (χ0) is 24.3. The molecule has 0 bridgehead atoms. The van der Waals surface area contributed by atoms with Gasteiger partial charge in [0.1, 0.15) is 5.82 Å². The lowest BCUT2D eigenvalue weighted by Gasteiger charge is -2.12. The Balaban J connectivity index is 1.49. The van der Waals surface area contributed by atoms with Crippen molar-refractivity contribution < 1.29 is 13.2 Å². The van der Waals surface area contributed by atoms with Gasteiger partial charge in [-0.05, 0) is 68.3 Å². The number of carbonyl (C=O) groups is 1. The number of amides is 1. The van der Waals surface area contributed by atoms with Gasteiger partial charge >= 0.3 is 0 Å². The van der Waals surface area contributed by atoms with Gasteiger partial charge in [-0.15, -0.1) is 0 Å². The average Bonchev–Trinajstić information content (AvgIpc) is 3.21. The third-order valence-corrected chi connectivity index (χ3v) is 6.94. The van der Waals surface area contributed by atoms with Gasteiger partial charge in [-0.2, -0.15) is 0 Å². The van der Waals surface area contributed by atoms with Crippen LogP contribution in [0.5, 0.6) is 0 Å². The van der Waals surface area contributed by atoms with Crippen LogP contribution in [0, 0.1) is 20.8 Å². The lowest BCUT2D eigenvalue weighted by atomic mass is 10.1. The van der Waals surface area contributed by atoms with Crippen molar-refractivity contribution in [2.24, 2.45) is 0 Å². The van der Waals surface area contributed by atoms with Crippen molar-refractivity contribution in [1.29, 1.82) is 0 Å². The lowest BCUT2D eigenvalue weighted by Crippen LogP contribution is -2.17. The molecule has 34 heavy (non-hydrogen) atoms. The minimum atomic E-state index is -3.84. The Morgan fingerprint density at radius 1 is 0.912 bits per heavy atom. The van der Waals surface area contributed by atoms with Crippen LogP contribution in [-0.4, -0.2) is 23.9 Å². The Morgan fingerprint density at radius 3 is 2.24 bits per heavy atom. The van der Waals surface area contributed by atoms with E-state index in [0.717, 1.165) is 17.0 Å². The fourth-order valence-electron chi connectivity index (χ4n) is 3.51. The van der Waals surface area contributed by atoms with E-state index in [-0.39, 0.29) is 10.8 Å². The minimum Gasteiger partial charge on any atom is -0.331 e. The maximum atomic E-state index is 13.0. The molecular formula is C26H26N4O3S. The predicted octanol–water partition coefficient (Wildman–Crippen LogP) is 4.91. The molecule has 3 aromatic carbocycles. The third-order valence-electron chi connectivity index (χ3n) is 5.56. The third kappa shape index (κ3) is 5.35. The van der Waals surface area contributed by atoms with Gasteiger partial charge in [-0.3, -0.25) is 9.52 Å². The number of aryl methyl sites for hydroxylation is 3. The number of carbonyl (C=O) groups excluding carboxylic acids is 1. The highest BCUT2D eigenvalue weighted by Crippen LogP contribution is 2.21. The largest absolute Gasteiger partial charge is 0.331 e. The van der Waals surface area contributed by atoms with Crippen LogP contribution in [0.4, 0.5) is 11.4 Å². The monoisotopic (exact) mass is 474 g/mol. The van der Waals surface area contributed by atoms with E-state index < -0.39 is 10.0 Å². The second kappa shape index (κ2) is 9.52. The molecule has 0 aliphatic heterocycles. The number of nitrogens with zero attached hydrogens (tertiary/aromatic N) is 2. The normalized spacial score (nSPS) is 11.3. The number of hydrogen-bond donors (Lipinski definition) is 2. The van der Waals surface area contributed by atoms with Gasteiger partial charge in [0.2, 0.25) is 0 Å². The molecule has 4 rings (SSSR count). The van der Waals surface area contributed by atoms with E-state index in [2.05, 4.69) is 15.0 Å². The number of rotatable bonds is 7. The van der Waals surface area contributed by atoms with Crippen LogP contribution in [-0.2, 0) is 16.6 Å². The van der Waals surface area contributed by atoms with E-state index in [1.54, 1.807) is 31.3 Å². The highest BCUT2D eigenvalue weighted by atomic mass is 32.2. The summed E-state index contributed by atoms with van der Waals surface area (Å²) >= 11 is 0. The number of imidazole rings is 1. The van der Waals surface area contributed by atoms with Crippen LogP contribution in [0.15, 0.2) is 84.0 Å². The summed E-state index contributed by atoms with van der Waals surface area (Å²) in [5.74, 6) is 0.558. The maximum absolute atomic E-state index is 13.0. The van der Waals surface area contributed by atoms with Gasteiger partial charge in [0, 0.05) is 35.9 Å². The molecule has 1 heterocycles. The molecule has 0 saturated carbocycles. The zero-order valence-corrected chi connectivity index (χ0v) is 20.1. The van der Waals surface area contributed by atoms with Crippen molar-refractivity contribution in [2.45, 2.75) is 32.2 Å². The molecule has 174 valence electrons. The first-order valence-electron chi connectivity index (χ1n) is 10.8. The second-order valence-electron chi connectivity index (χ2n) is 8.20. The van der Waals surface area contributed by atoms with Crippen LogP contribution >= 0.6 is 0 Å². The molecule has 0 fully saturated rings. The molecule has 1 aromatic heterocycles. The number of anilines is 2. The molecule has 0 saturated heterocycles. The molecule has 0 unspecified atom stereocenters. The van der Waals surface area contributed by atoms with Crippen molar-refractivity contribution in [3.8, 4) is 0 Å². The van der Waals surface area contributed by atoms with Gasteiger partial charge in [0.15, 0.2) is 0 Å². The molecule has 0 spiro atoms. The van der Waals surface area contributed by atoms with Crippen LogP contribution < -0.4 is 10.0 Å². The van der Waals surface area contributed by atoms with Crippen LogP contribution in [0.25, 0.3) is 0 Å². The molecule has 0 atom stereocenters. The molecule has 1 amide bonds. The molecular weight excluding hydrogens is 448 g/mol. The Hall–Kier alpha value is -3.91. The Morgan fingerprint density at radius 2 is 1.59 bits per heavy atom. The van der Waals surface area contributed by atoms with Gasteiger partial charge in [-0.25, -0.2) is 13.4 Å². The lowest BCUT2D eigenvalue weighted by molar-refractivity contribution is 0.102. The summed E-state index contributed by atoms with van der Waals surface area (Å²) in [6.07, 6.45) is 3.68. The molecule has 7 nitrogen and oxygen atoms in total. The first-order valence-corrected chi connectivity index (χ1v) is 12.3. The summed E-state index contributed by atoms with van der Waals surface area (Å²) in [6, 6.07) is 19.1. The van der Waals surface area contributed by atoms with Crippen molar-refractivity contribution in [1.82, 2.24) is 9.55 Å². The minimum absolute atomic E-state index is 0.0230. The summed E-state index contributed by atoms with van der Waals surface area (Å²) in [5, 5.41) is 2.86. The Bertz CT molecular complexity index is 1420. The second-order valence-corrected chi connectivity index (χ2v) is 9.88. The van der Waals surface area contributed by atoms with E-state index in [4.69, 9.17) is 0 Å². The number of aromatic nitrogens is 2. The maximum Gasteiger partial charge on any atom is 0.261 e. The smallest absolute Gasteiger partial charge is 0.261 e. The van der Waals surface area contributed by atoms with E-state index in [9.17, 15) is 13.2 Å². The van der Waals surface area contributed by atoms with Crippen molar-refractivity contribution in [2.75, 3.05) is 10.0 Å². The fraction of sp³-hybridized carbons (Fsp3) is 0.154. The first kappa shape index (κ1) is 23.3. The SMILES string of the molecule is Cc1ccc(NS(=O)(=O)c2ccc(C)c(C(=O)Nc3ccc(Cn4ccnc4C)cc3)c2)cc1. The number of hydrogen-bond acceptors (Lipinski definition) is 4. The summed E-state index contributed by atoms with van der Waals surface area (Å²) in [5.41, 5.74) is 4.17. The summed E-state index contributed by atoms with van der Waals surface area (Å²) in [6.45, 7) is 6.33. The quantitative estimate of drug-likeness (QED) is 0.398. The highest BCUT2D eigenvalue weighted by molar-refractivity contribution is 7.92. The van der Waals surface area contributed by atoms with Crippen molar-refractivity contribution >= 4 is 27.3 Å². The summed E-state index contributed by atoms with van der Waals surface area (Å²) < 4.78 is 30.3. The highest BCUT2D eigenvalue weighted by Gasteiger charge is 2.18. The average molecular weight is 475 g/mol. The molecule has 8 heteroatoms. The number of benzene rings is 3. The Kier molecular flexibility index (Phi) is 6.51.